The van der Waals surface area contributed by atoms with Crippen LogP contribution >= 0.6 is 0 Å². The zero-order valence-corrected chi connectivity index (χ0v) is 12.8. The van der Waals surface area contributed by atoms with Gasteiger partial charge < -0.3 is 10.6 Å². The summed E-state index contributed by atoms with van der Waals surface area (Å²) in [6, 6.07) is 15.2. The van der Waals surface area contributed by atoms with Crippen molar-refractivity contribution in [1.82, 2.24) is 0 Å². The second-order valence-corrected chi connectivity index (χ2v) is 5.23. The SMILES string of the molecule is Cc1ccc(C)c(NC(=O)CCNc2ccc(C#N)cc2)c1. The molecule has 22 heavy (non-hydrogen) atoms. The van der Waals surface area contributed by atoms with Gasteiger partial charge in [0.2, 0.25) is 5.91 Å². The quantitative estimate of drug-likeness (QED) is 0.885. The van der Waals surface area contributed by atoms with Crippen LogP contribution < -0.4 is 10.6 Å². The molecular weight excluding hydrogens is 274 g/mol. The fourth-order valence-corrected chi connectivity index (χ4v) is 2.07. The van der Waals surface area contributed by atoms with Gasteiger partial charge in [0.05, 0.1) is 11.6 Å². The van der Waals surface area contributed by atoms with E-state index in [-0.39, 0.29) is 5.91 Å². The van der Waals surface area contributed by atoms with Gasteiger partial charge in [0.15, 0.2) is 0 Å². The maximum atomic E-state index is 12.0. The third-order valence-electron chi connectivity index (χ3n) is 3.36. The summed E-state index contributed by atoms with van der Waals surface area (Å²) in [5.41, 5.74) is 4.57. The predicted octanol–water partition coefficient (Wildman–Crippen LogP) is 3.62. The fraction of sp³-hybridized carbons (Fsp3) is 0.222. The van der Waals surface area contributed by atoms with E-state index in [9.17, 15) is 4.79 Å². The number of aryl methyl sites for hydroxylation is 2. The number of amides is 1. The summed E-state index contributed by atoms with van der Waals surface area (Å²) in [7, 11) is 0. The maximum Gasteiger partial charge on any atom is 0.226 e. The molecule has 112 valence electrons. The summed E-state index contributed by atoms with van der Waals surface area (Å²) < 4.78 is 0. The maximum absolute atomic E-state index is 12.0. The Hall–Kier alpha value is -2.80. The van der Waals surface area contributed by atoms with Crippen LogP contribution in [0.3, 0.4) is 0 Å². The zero-order chi connectivity index (χ0) is 15.9. The summed E-state index contributed by atoms with van der Waals surface area (Å²) in [6.07, 6.45) is 0.382. The van der Waals surface area contributed by atoms with Crippen LogP contribution in [0, 0.1) is 25.2 Å². The van der Waals surface area contributed by atoms with E-state index in [0.717, 1.165) is 22.5 Å². The van der Waals surface area contributed by atoms with Crippen LogP contribution in [-0.4, -0.2) is 12.5 Å². The highest BCUT2D eigenvalue weighted by Gasteiger charge is 2.05. The Labute approximate surface area is 130 Å². The van der Waals surface area contributed by atoms with E-state index in [0.29, 0.717) is 18.5 Å². The summed E-state index contributed by atoms with van der Waals surface area (Å²) in [5.74, 6) is -0.0187. The summed E-state index contributed by atoms with van der Waals surface area (Å²) in [4.78, 5) is 12.0. The number of nitrogens with zero attached hydrogens (tertiary/aromatic N) is 1. The third kappa shape index (κ3) is 4.35. The lowest BCUT2D eigenvalue weighted by molar-refractivity contribution is -0.115. The van der Waals surface area contributed by atoms with E-state index >= 15 is 0 Å². The van der Waals surface area contributed by atoms with Crippen molar-refractivity contribution in [3.63, 3.8) is 0 Å². The number of carbonyl (C=O) groups is 1. The lowest BCUT2D eigenvalue weighted by atomic mass is 10.1. The summed E-state index contributed by atoms with van der Waals surface area (Å²) in [6.45, 7) is 4.52. The first-order valence-corrected chi connectivity index (χ1v) is 7.19. The van der Waals surface area contributed by atoms with Crippen LogP contribution in [0.2, 0.25) is 0 Å². The lowest BCUT2D eigenvalue weighted by Gasteiger charge is -2.10. The number of benzene rings is 2. The first kappa shape index (κ1) is 15.6. The molecule has 2 N–H and O–H groups in total. The van der Waals surface area contributed by atoms with Crippen molar-refractivity contribution in [2.45, 2.75) is 20.3 Å². The molecule has 2 rings (SSSR count). The molecule has 0 aliphatic heterocycles. The molecular formula is C18H19N3O. The van der Waals surface area contributed by atoms with Gasteiger partial charge in [-0.15, -0.1) is 0 Å². The second kappa shape index (κ2) is 7.28. The van der Waals surface area contributed by atoms with Crippen LogP contribution in [0.4, 0.5) is 11.4 Å². The molecule has 0 spiro atoms. The molecule has 0 fully saturated rings. The largest absolute Gasteiger partial charge is 0.385 e. The Bertz CT molecular complexity index is 699. The molecule has 0 saturated carbocycles. The van der Waals surface area contributed by atoms with Crippen LogP contribution in [0.1, 0.15) is 23.1 Å². The smallest absolute Gasteiger partial charge is 0.226 e. The Kier molecular flexibility index (Phi) is 5.16. The Morgan fingerprint density at radius 3 is 2.55 bits per heavy atom. The Morgan fingerprint density at radius 2 is 1.86 bits per heavy atom. The lowest BCUT2D eigenvalue weighted by Crippen LogP contribution is -2.16. The van der Waals surface area contributed by atoms with E-state index in [1.807, 2.05) is 44.2 Å². The number of rotatable bonds is 5. The molecule has 0 bridgehead atoms. The van der Waals surface area contributed by atoms with Crippen molar-refractivity contribution >= 4 is 17.3 Å². The van der Waals surface area contributed by atoms with E-state index in [4.69, 9.17) is 5.26 Å². The highest BCUT2D eigenvalue weighted by atomic mass is 16.1. The Balaban J connectivity index is 1.82. The van der Waals surface area contributed by atoms with Gasteiger partial charge in [-0.1, -0.05) is 12.1 Å². The van der Waals surface area contributed by atoms with Gasteiger partial charge in [0.1, 0.15) is 0 Å². The van der Waals surface area contributed by atoms with Crippen LogP contribution in [0.5, 0.6) is 0 Å². The molecule has 0 aliphatic rings. The predicted molar refractivity (Wildman–Crippen MR) is 88.8 cm³/mol. The number of hydrogen-bond donors (Lipinski definition) is 2. The first-order valence-electron chi connectivity index (χ1n) is 7.19. The van der Waals surface area contributed by atoms with Gasteiger partial charge in [-0.25, -0.2) is 0 Å². The van der Waals surface area contributed by atoms with Crippen LogP contribution in [-0.2, 0) is 4.79 Å². The van der Waals surface area contributed by atoms with Gasteiger partial charge in [-0.2, -0.15) is 5.26 Å². The van der Waals surface area contributed by atoms with E-state index in [1.165, 1.54) is 0 Å². The highest BCUT2D eigenvalue weighted by Crippen LogP contribution is 2.16. The van der Waals surface area contributed by atoms with E-state index in [1.54, 1.807) is 12.1 Å². The van der Waals surface area contributed by atoms with Gasteiger partial charge >= 0.3 is 0 Å². The average Bonchev–Trinajstić information content (AvgIpc) is 2.51. The van der Waals surface area contributed by atoms with E-state index < -0.39 is 0 Å². The number of carbonyl (C=O) groups excluding carboxylic acids is 1. The third-order valence-corrected chi connectivity index (χ3v) is 3.36. The van der Waals surface area contributed by atoms with Crippen LogP contribution in [0.25, 0.3) is 0 Å². The first-order chi connectivity index (χ1) is 10.6. The molecule has 0 aromatic heterocycles. The van der Waals surface area contributed by atoms with Crippen molar-refractivity contribution < 1.29 is 4.79 Å². The molecule has 1 amide bonds. The molecule has 2 aromatic rings. The van der Waals surface area contributed by atoms with E-state index in [2.05, 4.69) is 16.7 Å². The van der Waals surface area contributed by atoms with Crippen molar-refractivity contribution in [2.24, 2.45) is 0 Å². The molecule has 0 heterocycles. The van der Waals surface area contributed by atoms with Crippen molar-refractivity contribution in [3.05, 3.63) is 59.2 Å². The molecule has 0 aliphatic carbocycles. The number of nitriles is 1. The van der Waals surface area contributed by atoms with Crippen molar-refractivity contribution in [1.29, 1.82) is 5.26 Å². The number of nitrogens with one attached hydrogen (secondary N) is 2. The summed E-state index contributed by atoms with van der Waals surface area (Å²) in [5, 5.41) is 14.8. The summed E-state index contributed by atoms with van der Waals surface area (Å²) >= 11 is 0. The number of hydrogen-bond acceptors (Lipinski definition) is 3. The van der Waals surface area contributed by atoms with Crippen molar-refractivity contribution in [3.8, 4) is 6.07 Å². The van der Waals surface area contributed by atoms with Gasteiger partial charge in [0, 0.05) is 24.3 Å². The van der Waals surface area contributed by atoms with Gasteiger partial charge in [0.25, 0.3) is 0 Å². The van der Waals surface area contributed by atoms with Crippen LogP contribution in [0.15, 0.2) is 42.5 Å². The number of anilines is 2. The van der Waals surface area contributed by atoms with Gasteiger partial charge in [-0.05, 0) is 55.3 Å². The van der Waals surface area contributed by atoms with Crippen molar-refractivity contribution in [2.75, 3.05) is 17.2 Å². The van der Waals surface area contributed by atoms with Gasteiger partial charge in [-0.3, -0.25) is 4.79 Å². The fourth-order valence-electron chi connectivity index (χ4n) is 2.07. The molecule has 4 heteroatoms. The minimum Gasteiger partial charge on any atom is -0.385 e. The molecule has 0 saturated heterocycles. The molecule has 0 unspecified atom stereocenters. The highest BCUT2D eigenvalue weighted by molar-refractivity contribution is 5.91. The minimum atomic E-state index is -0.0187. The molecule has 0 atom stereocenters. The second-order valence-electron chi connectivity index (χ2n) is 5.23. The average molecular weight is 293 g/mol. The topological polar surface area (TPSA) is 64.9 Å². The molecule has 4 nitrogen and oxygen atoms in total. The molecule has 0 radical (unpaired) electrons. The monoisotopic (exact) mass is 293 g/mol. The normalized spacial score (nSPS) is 9.86. The minimum absolute atomic E-state index is 0.0187. The standard InChI is InChI=1S/C18H19N3O/c1-13-3-4-14(2)17(11-13)21-18(22)9-10-20-16-7-5-15(12-19)6-8-16/h3-8,11,20H,9-10H2,1-2H3,(H,21,22). The zero-order valence-electron chi connectivity index (χ0n) is 12.8. The Morgan fingerprint density at radius 1 is 1.14 bits per heavy atom. The molecule has 2 aromatic carbocycles.